The number of hydrogen-bond donors (Lipinski definition) is 1. The van der Waals surface area contributed by atoms with Crippen molar-refractivity contribution in [2.24, 2.45) is 0 Å². The van der Waals surface area contributed by atoms with Crippen molar-refractivity contribution in [2.75, 3.05) is 6.26 Å². The van der Waals surface area contributed by atoms with Crippen LogP contribution in [0.2, 0.25) is 0 Å². The minimum absolute atomic E-state index is 0.486. The fourth-order valence-corrected chi connectivity index (χ4v) is 2.48. The Balaban J connectivity index is 1.82. The summed E-state index contributed by atoms with van der Waals surface area (Å²) in [6.07, 6.45) is 3.18. The highest BCUT2D eigenvalue weighted by Crippen LogP contribution is 2.15. The number of rotatable bonds is 6. The van der Waals surface area contributed by atoms with E-state index in [-0.39, 0.29) is 0 Å². The first kappa shape index (κ1) is 14.2. The molecule has 2 aromatic rings. The van der Waals surface area contributed by atoms with Crippen LogP contribution in [0, 0.1) is 0 Å². The van der Waals surface area contributed by atoms with E-state index in [2.05, 4.69) is 73.1 Å². The summed E-state index contributed by atoms with van der Waals surface area (Å²) < 4.78 is 0. The van der Waals surface area contributed by atoms with Gasteiger partial charge in [-0.3, -0.25) is 0 Å². The Hall–Kier alpha value is -1.25. The zero-order chi connectivity index (χ0) is 13.5. The van der Waals surface area contributed by atoms with Crippen molar-refractivity contribution in [3.63, 3.8) is 0 Å². The van der Waals surface area contributed by atoms with Gasteiger partial charge >= 0.3 is 0 Å². The molecule has 1 nitrogen and oxygen atoms in total. The van der Waals surface area contributed by atoms with Gasteiger partial charge in [-0.15, -0.1) is 11.8 Å². The highest BCUT2D eigenvalue weighted by atomic mass is 32.2. The highest BCUT2D eigenvalue weighted by molar-refractivity contribution is 7.98. The molecule has 0 saturated heterocycles. The largest absolute Gasteiger partial charge is 0.310 e. The molecule has 0 aromatic heterocycles. The first-order valence-corrected chi connectivity index (χ1v) is 7.90. The lowest BCUT2D eigenvalue weighted by Gasteiger charge is -2.14. The molecular formula is C17H21NS. The third-order valence-corrected chi connectivity index (χ3v) is 3.94. The molecule has 0 aliphatic rings. The average Bonchev–Trinajstić information content (AvgIpc) is 2.47. The molecule has 0 bridgehead atoms. The lowest BCUT2D eigenvalue weighted by molar-refractivity contribution is 0.545. The van der Waals surface area contributed by atoms with Crippen LogP contribution in [0.15, 0.2) is 59.5 Å². The molecule has 100 valence electrons. The van der Waals surface area contributed by atoms with Crippen LogP contribution in [0.1, 0.15) is 18.1 Å². The number of benzene rings is 2. The van der Waals surface area contributed by atoms with E-state index < -0.39 is 0 Å². The molecule has 1 N–H and O–H groups in total. The molecule has 0 saturated carbocycles. The molecule has 0 spiro atoms. The lowest BCUT2D eigenvalue weighted by Crippen LogP contribution is -2.27. The fraction of sp³-hybridized carbons (Fsp3) is 0.294. The van der Waals surface area contributed by atoms with Crippen molar-refractivity contribution in [1.82, 2.24) is 5.32 Å². The van der Waals surface area contributed by atoms with E-state index in [4.69, 9.17) is 0 Å². The maximum atomic E-state index is 3.57. The van der Waals surface area contributed by atoms with E-state index in [1.807, 2.05) is 0 Å². The molecule has 1 atom stereocenters. The Kier molecular flexibility index (Phi) is 5.49. The SMILES string of the molecule is CSc1ccc(CC(C)NCc2ccccc2)cc1. The third kappa shape index (κ3) is 4.73. The van der Waals surface area contributed by atoms with Crippen molar-refractivity contribution in [3.8, 4) is 0 Å². The molecule has 2 heteroatoms. The van der Waals surface area contributed by atoms with Gasteiger partial charge in [0.25, 0.3) is 0 Å². The van der Waals surface area contributed by atoms with E-state index in [1.165, 1.54) is 16.0 Å². The van der Waals surface area contributed by atoms with Crippen LogP contribution in [0.3, 0.4) is 0 Å². The van der Waals surface area contributed by atoms with Crippen molar-refractivity contribution in [3.05, 3.63) is 65.7 Å². The monoisotopic (exact) mass is 271 g/mol. The minimum Gasteiger partial charge on any atom is -0.310 e. The average molecular weight is 271 g/mol. The maximum absolute atomic E-state index is 3.57. The molecule has 19 heavy (non-hydrogen) atoms. The molecule has 0 radical (unpaired) electrons. The Morgan fingerprint density at radius 3 is 2.26 bits per heavy atom. The van der Waals surface area contributed by atoms with Gasteiger partial charge in [0.1, 0.15) is 0 Å². The molecule has 0 aliphatic heterocycles. The number of nitrogens with one attached hydrogen (secondary N) is 1. The summed E-state index contributed by atoms with van der Waals surface area (Å²) in [6, 6.07) is 19.9. The summed E-state index contributed by atoms with van der Waals surface area (Å²) in [6.45, 7) is 3.18. The zero-order valence-electron chi connectivity index (χ0n) is 11.6. The van der Waals surface area contributed by atoms with Crippen molar-refractivity contribution in [2.45, 2.75) is 30.8 Å². The van der Waals surface area contributed by atoms with Crippen LogP contribution in [-0.2, 0) is 13.0 Å². The van der Waals surface area contributed by atoms with E-state index >= 15 is 0 Å². The predicted molar refractivity (Wildman–Crippen MR) is 84.7 cm³/mol. The minimum atomic E-state index is 0.486. The normalized spacial score (nSPS) is 12.3. The Morgan fingerprint density at radius 2 is 1.63 bits per heavy atom. The molecule has 0 heterocycles. The van der Waals surface area contributed by atoms with Gasteiger partial charge in [-0.05, 0) is 42.9 Å². The molecule has 2 aromatic carbocycles. The molecule has 0 aliphatic carbocycles. The van der Waals surface area contributed by atoms with Gasteiger partial charge in [0.15, 0.2) is 0 Å². The van der Waals surface area contributed by atoms with Crippen molar-refractivity contribution in [1.29, 1.82) is 0 Å². The van der Waals surface area contributed by atoms with Gasteiger partial charge < -0.3 is 5.32 Å². The van der Waals surface area contributed by atoms with Crippen LogP contribution in [0.4, 0.5) is 0 Å². The second-order valence-corrected chi connectivity index (χ2v) is 5.70. The summed E-state index contributed by atoms with van der Waals surface area (Å²) in [5, 5.41) is 3.57. The van der Waals surface area contributed by atoms with Crippen molar-refractivity contribution >= 4 is 11.8 Å². The van der Waals surface area contributed by atoms with Gasteiger partial charge in [0, 0.05) is 17.5 Å². The number of hydrogen-bond acceptors (Lipinski definition) is 2. The molecule has 1 unspecified atom stereocenters. The first-order chi connectivity index (χ1) is 9.28. The Morgan fingerprint density at radius 1 is 0.947 bits per heavy atom. The van der Waals surface area contributed by atoms with Gasteiger partial charge in [0.2, 0.25) is 0 Å². The van der Waals surface area contributed by atoms with E-state index in [0.29, 0.717) is 6.04 Å². The van der Waals surface area contributed by atoms with E-state index in [9.17, 15) is 0 Å². The van der Waals surface area contributed by atoms with Crippen LogP contribution in [0.25, 0.3) is 0 Å². The van der Waals surface area contributed by atoms with Crippen LogP contribution in [0.5, 0.6) is 0 Å². The van der Waals surface area contributed by atoms with Gasteiger partial charge in [0.05, 0.1) is 0 Å². The second kappa shape index (κ2) is 7.37. The van der Waals surface area contributed by atoms with Gasteiger partial charge in [-0.2, -0.15) is 0 Å². The molecule has 2 rings (SSSR count). The summed E-state index contributed by atoms with van der Waals surface area (Å²) in [7, 11) is 0. The quantitative estimate of drug-likeness (QED) is 0.793. The maximum Gasteiger partial charge on any atom is 0.0208 e. The lowest BCUT2D eigenvalue weighted by atomic mass is 10.1. The zero-order valence-corrected chi connectivity index (χ0v) is 12.4. The standard InChI is InChI=1S/C17H21NS/c1-14(18-13-16-6-4-3-5-7-16)12-15-8-10-17(19-2)11-9-15/h3-11,14,18H,12-13H2,1-2H3. The van der Waals surface area contributed by atoms with Gasteiger partial charge in [-0.25, -0.2) is 0 Å². The van der Waals surface area contributed by atoms with Crippen LogP contribution < -0.4 is 5.32 Å². The third-order valence-electron chi connectivity index (χ3n) is 3.20. The first-order valence-electron chi connectivity index (χ1n) is 6.68. The van der Waals surface area contributed by atoms with Crippen molar-refractivity contribution < 1.29 is 0 Å². The smallest absolute Gasteiger partial charge is 0.0208 e. The fourth-order valence-electron chi connectivity index (χ4n) is 2.08. The van der Waals surface area contributed by atoms with Crippen LogP contribution in [-0.4, -0.2) is 12.3 Å². The summed E-state index contributed by atoms with van der Waals surface area (Å²) >= 11 is 1.79. The predicted octanol–water partition coefficient (Wildman–Crippen LogP) is 4.13. The summed E-state index contributed by atoms with van der Waals surface area (Å²) in [5.74, 6) is 0. The molecular weight excluding hydrogens is 250 g/mol. The van der Waals surface area contributed by atoms with E-state index in [0.717, 1.165) is 13.0 Å². The summed E-state index contributed by atoms with van der Waals surface area (Å²) in [5.41, 5.74) is 2.73. The highest BCUT2D eigenvalue weighted by Gasteiger charge is 2.03. The van der Waals surface area contributed by atoms with Gasteiger partial charge in [-0.1, -0.05) is 42.5 Å². The second-order valence-electron chi connectivity index (χ2n) is 4.82. The Labute approximate surface area is 120 Å². The molecule has 0 fully saturated rings. The number of thioether (sulfide) groups is 1. The topological polar surface area (TPSA) is 12.0 Å². The van der Waals surface area contributed by atoms with Crippen LogP contribution >= 0.6 is 11.8 Å². The van der Waals surface area contributed by atoms with E-state index in [1.54, 1.807) is 11.8 Å². The summed E-state index contributed by atoms with van der Waals surface area (Å²) in [4.78, 5) is 1.33. The Bertz CT molecular complexity index is 478. The molecule has 0 amide bonds.